The van der Waals surface area contributed by atoms with Crippen LogP contribution in [0.15, 0.2) is 47.9 Å². The van der Waals surface area contributed by atoms with Gasteiger partial charge < -0.3 is 14.6 Å². The van der Waals surface area contributed by atoms with E-state index in [1.165, 1.54) is 12.8 Å². The van der Waals surface area contributed by atoms with Gasteiger partial charge in [0, 0.05) is 24.2 Å². The molecular weight excluding hydrogens is 304 g/mol. The Bertz CT molecular complexity index is 804. The maximum Gasteiger partial charge on any atom is 0.258 e. The van der Waals surface area contributed by atoms with Crippen molar-refractivity contribution in [3.8, 4) is 5.75 Å². The standard InChI is InChI=1S/C19H22N2O3/c1-2-11-21-12-10-15-16(19(21)23)8-5-9-17(15)24-13-18(22)20-14-6-3-4-7-14/h2,5,8-10,12,14H,1,3-4,6-7,11,13H2,(H,20,22). The van der Waals surface area contributed by atoms with Crippen LogP contribution in [0.5, 0.6) is 5.75 Å². The van der Waals surface area contributed by atoms with E-state index in [2.05, 4.69) is 11.9 Å². The molecule has 1 saturated carbocycles. The summed E-state index contributed by atoms with van der Waals surface area (Å²) < 4.78 is 7.26. The summed E-state index contributed by atoms with van der Waals surface area (Å²) in [5.41, 5.74) is -0.0896. The molecule has 0 atom stereocenters. The van der Waals surface area contributed by atoms with Crippen molar-refractivity contribution in [3.63, 3.8) is 0 Å². The number of hydrogen-bond acceptors (Lipinski definition) is 3. The van der Waals surface area contributed by atoms with Crippen molar-refractivity contribution in [2.75, 3.05) is 6.61 Å². The number of aromatic nitrogens is 1. The normalized spacial score (nSPS) is 14.7. The predicted octanol–water partition coefficient (Wildman–Crippen LogP) is 2.63. The number of amides is 1. The lowest BCUT2D eigenvalue weighted by molar-refractivity contribution is -0.123. The van der Waals surface area contributed by atoms with Crippen LogP contribution in [0.25, 0.3) is 10.8 Å². The molecule has 0 aliphatic heterocycles. The highest BCUT2D eigenvalue weighted by Gasteiger charge is 2.17. The fraction of sp³-hybridized carbons (Fsp3) is 0.368. The molecule has 1 amide bonds. The van der Waals surface area contributed by atoms with E-state index in [4.69, 9.17) is 4.74 Å². The van der Waals surface area contributed by atoms with Gasteiger partial charge in [0.2, 0.25) is 0 Å². The van der Waals surface area contributed by atoms with E-state index >= 15 is 0 Å². The summed E-state index contributed by atoms with van der Waals surface area (Å²) in [6.07, 6.45) is 7.84. The zero-order valence-corrected chi connectivity index (χ0v) is 13.7. The van der Waals surface area contributed by atoms with Crippen LogP contribution < -0.4 is 15.6 Å². The molecule has 1 fully saturated rings. The Hall–Kier alpha value is -2.56. The van der Waals surface area contributed by atoms with Gasteiger partial charge in [0.25, 0.3) is 11.5 Å². The Morgan fingerprint density at radius 2 is 2.08 bits per heavy atom. The number of rotatable bonds is 6. The zero-order chi connectivity index (χ0) is 16.9. The van der Waals surface area contributed by atoms with Crippen LogP contribution in [0.3, 0.4) is 0 Å². The Morgan fingerprint density at radius 1 is 1.29 bits per heavy atom. The molecular formula is C19H22N2O3. The Kier molecular flexibility index (Phi) is 4.99. The van der Waals surface area contributed by atoms with E-state index in [0.29, 0.717) is 17.7 Å². The van der Waals surface area contributed by atoms with Gasteiger partial charge in [0.05, 0.1) is 5.39 Å². The van der Waals surface area contributed by atoms with Crippen LogP contribution in [-0.4, -0.2) is 23.1 Å². The first-order valence-corrected chi connectivity index (χ1v) is 8.34. The molecule has 0 saturated heterocycles. The van der Waals surface area contributed by atoms with Gasteiger partial charge in [0.1, 0.15) is 5.75 Å². The Morgan fingerprint density at radius 3 is 2.83 bits per heavy atom. The zero-order valence-electron chi connectivity index (χ0n) is 13.7. The maximum atomic E-state index is 12.4. The van der Waals surface area contributed by atoms with Gasteiger partial charge in [-0.05, 0) is 31.0 Å². The molecule has 0 radical (unpaired) electrons. The average molecular weight is 326 g/mol. The summed E-state index contributed by atoms with van der Waals surface area (Å²) >= 11 is 0. The number of carbonyl (C=O) groups is 1. The SMILES string of the molecule is C=CCn1ccc2c(OCC(=O)NC3CCCC3)cccc2c1=O. The fourth-order valence-corrected chi connectivity index (χ4v) is 3.18. The van der Waals surface area contributed by atoms with Gasteiger partial charge in [-0.3, -0.25) is 9.59 Å². The van der Waals surface area contributed by atoms with E-state index in [9.17, 15) is 9.59 Å². The van der Waals surface area contributed by atoms with E-state index < -0.39 is 0 Å². The maximum absolute atomic E-state index is 12.4. The molecule has 1 aromatic carbocycles. The van der Waals surface area contributed by atoms with Gasteiger partial charge in [-0.1, -0.05) is 25.0 Å². The number of carbonyl (C=O) groups excluding carboxylic acids is 1. The minimum absolute atomic E-state index is 0.0364. The van der Waals surface area contributed by atoms with Gasteiger partial charge >= 0.3 is 0 Å². The topological polar surface area (TPSA) is 60.3 Å². The van der Waals surface area contributed by atoms with E-state index in [-0.39, 0.29) is 24.1 Å². The third kappa shape index (κ3) is 3.50. The number of pyridine rings is 1. The smallest absolute Gasteiger partial charge is 0.258 e. The quantitative estimate of drug-likeness (QED) is 0.830. The first-order valence-electron chi connectivity index (χ1n) is 8.34. The number of fused-ring (bicyclic) bond motifs is 1. The molecule has 1 N–H and O–H groups in total. The lowest BCUT2D eigenvalue weighted by atomic mass is 10.1. The third-order valence-electron chi connectivity index (χ3n) is 4.38. The molecule has 1 heterocycles. The molecule has 0 spiro atoms. The van der Waals surface area contributed by atoms with E-state index in [1.54, 1.807) is 35.0 Å². The van der Waals surface area contributed by atoms with Gasteiger partial charge in [0.15, 0.2) is 6.61 Å². The van der Waals surface area contributed by atoms with Crippen molar-refractivity contribution in [1.29, 1.82) is 0 Å². The fourth-order valence-electron chi connectivity index (χ4n) is 3.18. The number of nitrogens with one attached hydrogen (secondary N) is 1. The number of allylic oxidation sites excluding steroid dienone is 1. The molecule has 0 bridgehead atoms. The molecule has 5 heteroatoms. The van der Waals surface area contributed by atoms with Crippen molar-refractivity contribution in [3.05, 3.63) is 53.5 Å². The van der Waals surface area contributed by atoms with Crippen LogP contribution >= 0.6 is 0 Å². The number of benzene rings is 1. The molecule has 1 aliphatic carbocycles. The molecule has 0 unspecified atom stereocenters. The van der Waals surface area contributed by atoms with Gasteiger partial charge in [-0.15, -0.1) is 6.58 Å². The summed E-state index contributed by atoms with van der Waals surface area (Å²) in [6, 6.07) is 7.43. The molecule has 24 heavy (non-hydrogen) atoms. The highest BCUT2D eigenvalue weighted by atomic mass is 16.5. The van der Waals surface area contributed by atoms with Crippen molar-refractivity contribution in [2.45, 2.75) is 38.3 Å². The summed E-state index contributed by atoms with van der Waals surface area (Å²) in [4.78, 5) is 24.4. The number of ether oxygens (including phenoxy) is 1. The third-order valence-corrected chi connectivity index (χ3v) is 4.38. The Balaban J connectivity index is 1.74. The van der Waals surface area contributed by atoms with Crippen LogP contribution in [0.2, 0.25) is 0 Å². The highest BCUT2D eigenvalue weighted by molar-refractivity contribution is 5.88. The van der Waals surface area contributed by atoms with E-state index in [1.807, 2.05) is 6.07 Å². The number of nitrogens with zero attached hydrogens (tertiary/aromatic N) is 1. The van der Waals surface area contributed by atoms with Crippen LogP contribution in [0.1, 0.15) is 25.7 Å². The molecule has 126 valence electrons. The van der Waals surface area contributed by atoms with Gasteiger partial charge in [-0.2, -0.15) is 0 Å². The molecule has 1 aliphatic rings. The summed E-state index contributed by atoms with van der Waals surface area (Å²) in [5, 5.41) is 4.29. The predicted molar refractivity (Wildman–Crippen MR) is 94.3 cm³/mol. The summed E-state index contributed by atoms with van der Waals surface area (Å²) in [5.74, 6) is 0.441. The second kappa shape index (κ2) is 7.34. The van der Waals surface area contributed by atoms with Crippen molar-refractivity contribution >= 4 is 16.7 Å². The lowest BCUT2D eigenvalue weighted by Crippen LogP contribution is -2.36. The van der Waals surface area contributed by atoms with Crippen molar-refractivity contribution in [2.24, 2.45) is 0 Å². The molecule has 5 nitrogen and oxygen atoms in total. The van der Waals surface area contributed by atoms with Gasteiger partial charge in [-0.25, -0.2) is 0 Å². The minimum atomic E-state index is -0.112. The molecule has 1 aromatic heterocycles. The number of hydrogen-bond donors (Lipinski definition) is 1. The summed E-state index contributed by atoms with van der Waals surface area (Å²) in [6.45, 7) is 4.08. The van der Waals surface area contributed by atoms with Crippen LogP contribution in [0.4, 0.5) is 0 Å². The second-order valence-electron chi connectivity index (χ2n) is 6.12. The summed E-state index contributed by atoms with van der Waals surface area (Å²) in [7, 11) is 0. The van der Waals surface area contributed by atoms with Crippen LogP contribution in [-0.2, 0) is 11.3 Å². The molecule has 2 aromatic rings. The highest BCUT2D eigenvalue weighted by Crippen LogP contribution is 2.23. The average Bonchev–Trinajstić information content (AvgIpc) is 3.08. The largest absolute Gasteiger partial charge is 0.483 e. The van der Waals surface area contributed by atoms with Crippen LogP contribution in [0, 0.1) is 0 Å². The van der Waals surface area contributed by atoms with Crippen molar-refractivity contribution < 1.29 is 9.53 Å². The van der Waals surface area contributed by atoms with E-state index in [0.717, 1.165) is 18.2 Å². The lowest BCUT2D eigenvalue weighted by Gasteiger charge is -2.13. The Labute approximate surface area is 140 Å². The first-order chi connectivity index (χ1) is 11.7. The monoisotopic (exact) mass is 326 g/mol. The minimum Gasteiger partial charge on any atom is -0.483 e. The first kappa shape index (κ1) is 16.3. The van der Waals surface area contributed by atoms with Crippen molar-refractivity contribution in [1.82, 2.24) is 9.88 Å². The second-order valence-corrected chi connectivity index (χ2v) is 6.12. The molecule has 3 rings (SSSR count).